The number of carbonyl (C=O) groups is 1. The quantitative estimate of drug-likeness (QED) is 0.718. The lowest BCUT2D eigenvalue weighted by Gasteiger charge is -2.04. The highest BCUT2D eigenvalue weighted by atomic mass is 32.1. The summed E-state index contributed by atoms with van der Waals surface area (Å²) in [6, 6.07) is 11.2. The molecule has 118 valence electrons. The van der Waals surface area contributed by atoms with Crippen LogP contribution in [0.25, 0.3) is 10.6 Å². The second kappa shape index (κ2) is 6.93. The zero-order valence-corrected chi connectivity index (χ0v) is 14.2. The highest BCUT2D eigenvalue weighted by Gasteiger charge is 2.10. The number of hydrogen-bond donors (Lipinski definition) is 2. The number of benzene rings is 1. The maximum atomic E-state index is 12.0. The van der Waals surface area contributed by atoms with Gasteiger partial charge in [0.25, 0.3) is 0 Å². The zero-order chi connectivity index (χ0) is 16.2. The van der Waals surface area contributed by atoms with E-state index in [2.05, 4.69) is 23.3 Å². The Hall–Kier alpha value is -2.18. The van der Waals surface area contributed by atoms with E-state index in [-0.39, 0.29) is 11.7 Å². The van der Waals surface area contributed by atoms with Crippen LogP contribution < -0.4 is 5.32 Å². The third kappa shape index (κ3) is 3.97. The monoisotopic (exact) mass is 344 g/mol. The smallest absolute Gasteiger partial charge is 0.226 e. The van der Waals surface area contributed by atoms with Crippen LogP contribution in [-0.2, 0) is 11.2 Å². The van der Waals surface area contributed by atoms with Crippen LogP contribution in [0.4, 0.5) is 5.13 Å². The molecule has 0 bridgehead atoms. The second-order valence-corrected chi connectivity index (χ2v) is 7.27. The summed E-state index contributed by atoms with van der Waals surface area (Å²) in [6.45, 7) is 2.06. The summed E-state index contributed by atoms with van der Waals surface area (Å²) in [7, 11) is 0. The summed E-state index contributed by atoms with van der Waals surface area (Å²) in [5, 5.41) is 15.1. The molecule has 2 heterocycles. The van der Waals surface area contributed by atoms with Gasteiger partial charge in [-0.1, -0.05) is 18.2 Å². The molecule has 3 aromatic rings. The summed E-state index contributed by atoms with van der Waals surface area (Å²) >= 11 is 3.11. The molecule has 0 aliphatic rings. The molecule has 6 heteroatoms. The van der Waals surface area contributed by atoms with Gasteiger partial charge in [-0.25, -0.2) is 4.98 Å². The Balaban J connectivity index is 1.58. The van der Waals surface area contributed by atoms with Crippen LogP contribution in [0.15, 0.2) is 41.8 Å². The number of hydrogen-bond acceptors (Lipinski definition) is 5. The summed E-state index contributed by atoms with van der Waals surface area (Å²) in [4.78, 5) is 18.8. The van der Waals surface area contributed by atoms with Crippen LogP contribution >= 0.6 is 22.7 Å². The van der Waals surface area contributed by atoms with Gasteiger partial charge in [-0.3, -0.25) is 4.79 Å². The molecule has 2 aromatic heterocycles. The van der Waals surface area contributed by atoms with E-state index in [4.69, 9.17) is 0 Å². The Morgan fingerprint density at radius 1 is 1.26 bits per heavy atom. The number of amides is 1. The lowest BCUT2D eigenvalue weighted by Crippen LogP contribution is -2.12. The summed E-state index contributed by atoms with van der Waals surface area (Å²) in [5.41, 5.74) is 1.67. The number of rotatable bonds is 5. The number of thiazole rings is 1. The van der Waals surface area contributed by atoms with Gasteiger partial charge in [-0.05, 0) is 37.1 Å². The van der Waals surface area contributed by atoms with Crippen molar-refractivity contribution in [1.29, 1.82) is 0 Å². The molecule has 0 spiro atoms. The molecule has 0 unspecified atom stereocenters. The highest BCUT2D eigenvalue weighted by Crippen LogP contribution is 2.30. The van der Waals surface area contributed by atoms with Crippen molar-refractivity contribution in [2.75, 3.05) is 5.32 Å². The number of aryl methyl sites for hydroxylation is 2. The van der Waals surface area contributed by atoms with Crippen LogP contribution in [-0.4, -0.2) is 16.0 Å². The second-order valence-electron chi connectivity index (χ2n) is 5.13. The number of aromatic nitrogens is 1. The average molecular weight is 344 g/mol. The van der Waals surface area contributed by atoms with Crippen LogP contribution in [0.2, 0.25) is 0 Å². The lowest BCUT2D eigenvalue weighted by molar-refractivity contribution is -0.116. The lowest BCUT2D eigenvalue weighted by atomic mass is 10.1. The molecule has 0 radical (unpaired) electrons. The van der Waals surface area contributed by atoms with E-state index in [1.165, 1.54) is 16.2 Å². The minimum atomic E-state index is -0.100. The molecule has 0 saturated carbocycles. The van der Waals surface area contributed by atoms with Gasteiger partial charge < -0.3 is 10.4 Å². The van der Waals surface area contributed by atoms with Crippen molar-refractivity contribution in [2.45, 2.75) is 19.8 Å². The molecule has 0 fully saturated rings. The number of phenols is 1. The van der Waals surface area contributed by atoms with Crippen LogP contribution in [0, 0.1) is 6.92 Å². The van der Waals surface area contributed by atoms with Gasteiger partial charge in [0.2, 0.25) is 5.91 Å². The summed E-state index contributed by atoms with van der Waals surface area (Å²) in [5.74, 6) is 0.126. The van der Waals surface area contributed by atoms with Gasteiger partial charge in [0.05, 0.1) is 10.6 Å². The topological polar surface area (TPSA) is 62.2 Å². The summed E-state index contributed by atoms with van der Waals surface area (Å²) < 4.78 is 0. The first-order chi connectivity index (χ1) is 11.1. The van der Waals surface area contributed by atoms with E-state index in [1.807, 2.05) is 23.6 Å². The van der Waals surface area contributed by atoms with Gasteiger partial charge >= 0.3 is 0 Å². The van der Waals surface area contributed by atoms with E-state index < -0.39 is 0 Å². The van der Waals surface area contributed by atoms with E-state index >= 15 is 0 Å². The van der Waals surface area contributed by atoms with Crippen LogP contribution in [0.5, 0.6) is 5.75 Å². The predicted molar refractivity (Wildman–Crippen MR) is 95.2 cm³/mol. The molecule has 1 amide bonds. The number of nitrogens with zero attached hydrogens (tertiary/aromatic N) is 1. The first-order valence-electron chi connectivity index (χ1n) is 7.21. The Kier molecular flexibility index (Phi) is 4.73. The third-order valence-electron chi connectivity index (χ3n) is 3.36. The van der Waals surface area contributed by atoms with Gasteiger partial charge in [0, 0.05) is 16.7 Å². The van der Waals surface area contributed by atoms with Crippen LogP contribution in [0.3, 0.4) is 0 Å². The van der Waals surface area contributed by atoms with Crippen molar-refractivity contribution in [2.24, 2.45) is 0 Å². The molecule has 2 N–H and O–H groups in total. The SMILES string of the molecule is Cc1ccc(-c2csc(NC(=O)CCc3ccccc3O)n2)s1. The van der Waals surface area contributed by atoms with Crippen molar-refractivity contribution < 1.29 is 9.90 Å². The Morgan fingerprint density at radius 2 is 2.09 bits per heavy atom. The summed E-state index contributed by atoms with van der Waals surface area (Å²) in [6.07, 6.45) is 0.811. The number of para-hydroxylation sites is 1. The predicted octanol–water partition coefficient (Wildman–Crippen LogP) is 4.46. The molecular weight excluding hydrogens is 328 g/mol. The Labute approximate surface area is 142 Å². The molecule has 23 heavy (non-hydrogen) atoms. The van der Waals surface area contributed by atoms with Gasteiger partial charge in [-0.2, -0.15) is 0 Å². The van der Waals surface area contributed by atoms with E-state index in [9.17, 15) is 9.90 Å². The fourth-order valence-electron chi connectivity index (χ4n) is 2.17. The molecule has 0 aliphatic carbocycles. The van der Waals surface area contributed by atoms with Crippen molar-refractivity contribution in [3.8, 4) is 16.3 Å². The molecule has 1 aromatic carbocycles. The number of thiophene rings is 1. The molecule has 3 rings (SSSR count). The maximum Gasteiger partial charge on any atom is 0.226 e. The molecular formula is C17H16N2O2S2. The number of nitrogens with one attached hydrogen (secondary N) is 1. The van der Waals surface area contributed by atoms with Gasteiger partial charge in [0.1, 0.15) is 5.75 Å². The molecule has 4 nitrogen and oxygen atoms in total. The standard InChI is InChI=1S/C17H16N2O2S2/c1-11-6-8-15(23-11)13-10-22-17(18-13)19-16(21)9-7-12-4-2-3-5-14(12)20/h2-6,8,10,20H,7,9H2,1H3,(H,18,19,21). The van der Waals surface area contributed by atoms with Gasteiger partial charge in [-0.15, -0.1) is 22.7 Å². The number of carbonyl (C=O) groups excluding carboxylic acids is 1. The fourth-order valence-corrected chi connectivity index (χ4v) is 3.80. The highest BCUT2D eigenvalue weighted by molar-refractivity contribution is 7.17. The largest absolute Gasteiger partial charge is 0.508 e. The normalized spacial score (nSPS) is 10.7. The van der Waals surface area contributed by atoms with Crippen molar-refractivity contribution >= 4 is 33.7 Å². The molecule has 0 saturated heterocycles. The van der Waals surface area contributed by atoms with Gasteiger partial charge in [0.15, 0.2) is 5.13 Å². The minimum Gasteiger partial charge on any atom is -0.508 e. The number of aromatic hydroxyl groups is 1. The first kappa shape index (κ1) is 15.7. The Bertz CT molecular complexity index is 823. The van der Waals surface area contributed by atoms with Crippen molar-refractivity contribution in [3.05, 3.63) is 52.2 Å². The van der Waals surface area contributed by atoms with E-state index in [1.54, 1.807) is 23.5 Å². The first-order valence-corrected chi connectivity index (χ1v) is 8.90. The fraction of sp³-hybridized carbons (Fsp3) is 0.176. The molecule has 0 atom stereocenters. The Morgan fingerprint density at radius 3 is 2.83 bits per heavy atom. The maximum absolute atomic E-state index is 12.0. The van der Waals surface area contributed by atoms with E-state index in [0.717, 1.165) is 16.1 Å². The van der Waals surface area contributed by atoms with Crippen LogP contribution in [0.1, 0.15) is 16.9 Å². The van der Waals surface area contributed by atoms with E-state index in [0.29, 0.717) is 18.0 Å². The van der Waals surface area contributed by atoms with Crippen molar-refractivity contribution in [1.82, 2.24) is 4.98 Å². The number of phenolic OH excluding ortho intramolecular Hbond substituents is 1. The third-order valence-corrected chi connectivity index (χ3v) is 5.14. The minimum absolute atomic E-state index is 0.100. The number of anilines is 1. The molecule has 0 aliphatic heterocycles. The zero-order valence-electron chi connectivity index (χ0n) is 12.6. The average Bonchev–Trinajstić information content (AvgIpc) is 3.15. The van der Waals surface area contributed by atoms with Crippen molar-refractivity contribution in [3.63, 3.8) is 0 Å².